The Morgan fingerprint density at radius 2 is 1.03 bits per heavy atom. The van der Waals surface area contributed by atoms with Gasteiger partial charge in [-0.2, -0.15) is 9.97 Å². The van der Waals surface area contributed by atoms with Gasteiger partial charge in [-0.3, -0.25) is 0 Å². The molecule has 0 amide bonds. The monoisotopic (exact) mass is 467 g/mol. The minimum atomic E-state index is 0.181. The number of hydrogen-bond donors (Lipinski definition) is 0. The topological polar surface area (TPSA) is 38.7 Å². The molecule has 164 valence electrons. The third-order valence-electron chi connectivity index (χ3n) is 6.64. The molecular formula is C31H18ClN3. The highest BCUT2D eigenvalue weighted by atomic mass is 35.5. The first-order valence-electron chi connectivity index (χ1n) is 11.5. The van der Waals surface area contributed by atoms with E-state index in [0.717, 1.165) is 27.3 Å². The maximum Gasteiger partial charge on any atom is 0.226 e. The molecule has 0 bridgehead atoms. The van der Waals surface area contributed by atoms with Crippen molar-refractivity contribution in [1.82, 2.24) is 15.0 Å². The molecular weight excluding hydrogens is 450 g/mol. The molecule has 0 N–H and O–H groups in total. The van der Waals surface area contributed by atoms with Crippen LogP contribution < -0.4 is 0 Å². The van der Waals surface area contributed by atoms with Gasteiger partial charge in [-0.25, -0.2) is 4.98 Å². The number of aromatic nitrogens is 3. The van der Waals surface area contributed by atoms with E-state index < -0.39 is 0 Å². The van der Waals surface area contributed by atoms with Gasteiger partial charge in [0.2, 0.25) is 5.28 Å². The van der Waals surface area contributed by atoms with Gasteiger partial charge in [-0.1, -0.05) is 103 Å². The molecule has 3 nitrogen and oxygen atoms in total. The molecule has 0 radical (unpaired) electrons. The van der Waals surface area contributed by atoms with E-state index in [-0.39, 0.29) is 5.28 Å². The van der Waals surface area contributed by atoms with Crippen molar-refractivity contribution in [3.63, 3.8) is 0 Å². The number of fused-ring (bicyclic) bond motifs is 6. The fourth-order valence-corrected chi connectivity index (χ4v) is 5.14. The molecule has 7 rings (SSSR count). The molecule has 6 aromatic carbocycles. The van der Waals surface area contributed by atoms with Gasteiger partial charge in [0, 0.05) is 11.1 Å². The minimum Gasteiger partial charge on any atom is -0.208 e. The Bertz CT molecular complexity index is 1930. The third kappa shape index (κ3) is 3.32. The highest BCUT2D eigenvalue weighted by Crippen LogP contribution is 2.34. The van der Waals surface area contributed by atoms with Gasteiger partial charge >= 0.3 is 0 Å². The van der Waals surface area contributed by atoms with E-state index in [1.54, 1.807) is 0 Å². The molecule has 0 fully saturated rings. The van der Waals surface area contributed by atoms with E-state index >= 15 is 0 Å². The molecule has 0 aliphatic rings. The van der Waals surface area contributed by atoms with Crippen molar-refractivity contribution in [2.75, 3.05) is 0 Å². The van der Waals surface area contributed by atoms with Crippen LogP contribution in [0.3, 0.4) is 0 Å². The van der Waals surface area contributed by atoms with E-state index in [0.29, 0.717) is 11.6 Å². The Morgan fingerprint density at radius 1 is 0.429 bits per heavy atom. The van der Waals surface area contributed by atoms with Crippen LogP contribution in [0.25, 0.3) is 65.9 Å². The molecule has 0 aliphatic carbocycles. The molecule has 35 heavy (non-hydrogen) atoms. The molecule has 0 aliphatic heterocycles. The average Bonchev–Trinajstić information content (AvgIpc) is 2.92. The highest BCUT2D eigenvalue weighted by Gasteiger charge is 2.14. The summed E-state index contributed by atoms with van der Waals surface area (Å²) in [6.07, 6.45) is 0. The summed E-state index contributed by atoms with van der Waals surface area (Å²) in [5.41, 5.74) is 1.84. The Kier molecular flexibility index (Phi) is 4.51. The third-order valence-corrected chi connectivity index (χ3v) is 6.81. The Morgan fingerprint density at radius 3 is 1.83 bits per heavy atom. The van der Waals surface area contributed by atoms with Gasteiger partial charge in [-0.05, 0) is 60.8 Å². The van der Waals surface area contributed by atoms with Gasteiger partial charge in [0.25, 0.3) is 0 Å². The van der Waals surface area contributed by atoms with Crippen LogP contribution in [0.2, 0.25) is 5.28 Å². The second-order valence-corrected chi connectivity index (χ2v) is 9.00. The maximum absolute atomic E-state index is 6.45. The quantitative estimate of drug-likeness (QED) is 0.239. The normalized spacial score (nSPS) is 11.6. The molecule has 0 spiro atoms. The number of halogens is 1. The van der Waals surface area contributed by atoms with E-state index in [2.05, 4.69) is 101 Å². The van der Waals surface area contributed by atoms with Crippen molar-refractivity contribution in [2.45, 2.75) is 0 Å². The van der Waals surface area contributed by atoms with Crippen molar-refractivity contribution < 1.29 is 0 Å². The van der Waals surface area contributed by atoms with E-state index in [4.69, 9.17) is 16.6 Å². The smallest absolute Gasteiger partial charge is 0.208 e. The lowest BCUT2D eigenvalue weighted by Gasteiger charge is -2.10. The zero-order valence-corrected chi connectivity index (χ0v) is 19.4. The SMILES string of the molecule is Clc1nc(-c2ccc3ccc4ccccc4c3c2)nc(-c2cccc3c2ccc2ccccc23)n1. The predicted octanol–water partition coefficient (Wildman–Crippen LogP) is 8.47. The van der Waals surface area contributed by atoms with Crippen molar-refractivity contribution in [1.29, 1.82) is 0 Å². The van der Waals surface area contributed by atoms with Crippen LogP contribution in [0.4, 0.5) is 0 Å². The summed E-state index contributed by atoms with van der Waals surface area (Å²) in [5.74, 6) is 1.13. The lowest BCUT2D eigenvalue weighted by molar-refractivity contribution is 1.07. The lowest BCUT2D eigenvalue weighted by atomic mass is 9.98. The first-order chi connectivity index (χ1) is 17.2. The zero-order chi connectivity index (χ0) is 23.4. The van der Waals surface area contributed by atoms with Gasteiger partial charge in [0.15, 0.2) is 11.6 Å². The molecule has 1 heterocycles. The number of benzene rings is 6. The Hall–Kier alpha value is -4.34. The molecule has 0 saturated carbocycles. The van der Waals surface area contributed by atoms with E-state index in [9.17, 15) is 0 Å². The summed E-state index contributed by atoms with van der Waals surface area (Å²) in [5, 5.41) is 9.58. The maximum atomic E-state index is 6.45. The van der Waals surface area contributed by atoms with E-state index in [1.807, 2.05) is 18.2 Å². The number of rotatable bonds is 2. The molecule has 4 heteroatoms. The number of nitrogens with zero attached hydrogens (tertiary/aromatic N) is 3. The zero-order valence-electron chi connectivity index (χ0n) is 18.6. The lowest BCUT2D eigenvalue weighted by Crippen LogP contribution is -1.98. The van der Waals surface area contributed by atoms with Crippen LogP contribution in [0.15, 0.2) is 109 Å². The van der Waals surface area contributed by atoms with Crippen LogP contribution in [0.5, 0.6) is 0 Å². The Labute approximate surface area is 206 Å². The molecule has 0 unspecified atom stereocenters. The van der Waals surface area contributed by atoms with Crippen LogP contribution in [0.1, 0.15) is 0 Å². The van der Waals surface area contributed by atoms with Gasteiger partial charge in [0.1, 0.15) is 0 Å². The van der Waals surface area contributed by atoms with Crippen LogP contribution in [0, 0.1) is 0 Å². The van der Waals surface area contributed by atoms with Crippen molar-refractivity contribution in [3.8, 4) is 22.8 Å². The summed E-state index contributed by atoms with van der Waals surface area (Å²) < 4.78 is 0. The van der Waals surface area contributed by atoms with Crippen molar-refractivity contribution in [3.05, 3.63) is 114 Å². The first-order valence-corrected chi connectivity index (χ1v) is 11.9. The van der Waals surface area contributed by atoms with Crippen molar-refractivity contribution in [2.24, 2.45) is 0 Å². The minimum absolute atomic E-state index is 0.181. The largest absolute Gasteiger partial charge is 0.226 e. The standard InChI is InChI=1S/C31H18ClN3/c32-31-34-29(22-15-14-21-13-12-19-6-2-4-9-24(19)28(21)18-22)33-30(35-31)27-11-5-10-25-23-8-3-1-7-20(23)16-17-26(25)27/h1-18H. The Balaban J connectivity index is 1.44. The molecule has 0 atom stereocenters. The summed E-state index contributed by atoms with van der Waals surface area (Å²) >= 11 is 6.45. The summed E-state index contributed by atoms with van der Waals surface area (Å²) in [7, 11) is 0. The van der Waals surface area contributed by atoms with Gasteiger partial charge < -0.3 is 0 Å². The van der Waals surface area contributed by atoms with Gasteiger partial charge in [0.05, 0.1) is 0 Å². The van der Waals surface area contributed by atoms with E-state index in [1.165, 1.54) is 26.9 Å². The van der Waals surface area contributed by atoms with Crippen LogP contribution in [-0.4, -0.2) is 15.0 Å². The fourth-order valence-electron chi connectivity index (χ4n) is 4.98. The van der Waals surface area contributed by atoms with Gasteiger partial charge in [-0.15, -0.1) is 0 Å². The molecule has 7 aromatic rings. The summed E-state index contributed by atoms with van der Waals surface area (Å²) in [4.78, 5) is 13.9. The molecule has 0 saturated heterocycles. The second kappa shape index (κ2) is 7.86. The van der Waals surface area contributed by atoms with Crippen LogP contribution >= 0.6 is 11.6 Å². The van der Waals surface area contributed by atoms with Crippen molar-refractivity contribution >= 4 is 54.7 Å². The summed E-state index contributed by atoms with van der Waals surface area (Å²) in [6, 6.07) is 37.9. The average molecular weight is 468 g/mol. The summed E-state index contributed by atoms with van der Waals surface area (Å²) in [6.45, 7) is 0. The number of hydrogen-bond acceptors (Lipinski definition) is 3. The first kappa shape index (κ1) is 20.1. The predicted molar refractivity (Wildman–Crippen MR) is 146 cm³/mol. The second-order valence-electron chi connectivity index (χ2n) is 8.66. The van der Waals surface area contributed by atoms with Crippen LogP contribution in [-0.2, 0) is 0 Å². The molecule has 1 aromatic heterocycles. The fraction of sp³-hybridized carbons (Fsp3) is 0. The highest BCUT2D eigenvalue weighted by molar-refractivity contribution is 6.28.